The minimum atomic E-state index is -0.137. The van der Waals surface area contributed by atoms with Gasteiger partial charge in [0, 0.05) is 25.8 Å². The molecule has 5 nitrogen and oxygen atoms in total. The molecule has 0 spiro atoms. The van der Waals surface area contributed by atoms with E-state index in [1.54, 1.807) is 6.20 Å². The number of nitrogens with zero attached hydrogens (tertiary/aromatic N) is 2. The van der Waals surface area contributed by atoms with Gasteiger partial charge in [-0.3, -0.25) is 0 Å². The van der Waals surface area contributed by atoms with E-state index in [1.165, 1.54) is 0 Å². The summed E-state index contributed by atoms with van der Waals surface area (Å²) in [5.74, 6) is 0.904. The second-order valence-corrected chi connectivity index (χ2v) is 4.38. The molecule has 0 saturated carbocycles. The second-order valence-electron chi connectivity index (χ2n) is 4.38. The van der Waals surface area contributed by atoms with Gasteiger partial charge in [0.15, 0.2) is 0 Å². The van der Waals surface area contributed by atoms with Gasteiger partial charge in [0.05, 0.1) is 18.8 Å². The van der Waals surface area contributed by atoms with E-state index < -0.39 is 0 Å². The van der Waals surface area contributed by atoms with E-state index >= 15 is 0 Å². The predicted octanol–water partition coefficient (Wildman–Crippen LogP) is 0.126. The van der Waals surface area contributed by atoms with Crippen LogP contribution >= 0.6 is 0 Å². The van der Waals surface area contributed by atoms with Crippen molar-refractivity contribution in [1.29, 1.82) is 0 Å². The Kier molecular flexibility index (Phi) is 3.93. The Morgan fingerprint density at radius 2 is 2.41 bits per heavy atom. The molecule has 2 heterocycles. The highest BCUT2D eigenvalue weighted by atomic mass is 16.5. The van der Waals surface area contributed by atoms with E-state index in [9.17, 15) is 5.11 Å². The predicted molar refractivity (Wildman–Crippen MR) is 65.8 cm³/mol. The molecule has 1 fully saturated rings. The van der Waals surface area contributed by atoms with Crippen molar-refractivity contribution in [3.05, 3.63) is 23.9 Å². The zero-order valence-corrected chi connectivity index (χ0v) is 10.0. The Balaban J connectivity index is 2.14. The number of aromatic nitrogens is 1. The lowest BCUT2D eigenvalue weighted by Gasteiger charge is -2.36. The van der Waals surface area contributed by atoms with Gasteiger partial charge in [-0.05, 0) is 24.6 Å². The summed E-state index contributed by atoms with van der Waals surface area (Å²) in [5.41, 5.74) is 6.68. The number of pyridine rings is 1. The summed E-state index contributed by atoms with van der Waals surface area (Å²) in [6.45, 7) is 4.01. The van der Waals surface area contributed by atoms with Crippen LogP contribution in [0.1, 0.15) is 12.5 Å². The molecular formula is C12H19N3O2. The van der Waals surface area contributed by atoms with Gasteiger partial charge in [0.1, 0.15) is 5.82 Å². The fourth-order valence-corrected chi connectivity index (χ4v) is 2.09. The lowest BCUT2D eigenvalue weighted by molar-refractivity contribution is -0.0423. The maximum Gasteiger partial charge on any atom is 0.128 e. The molecule has 17 heavy (non-hydrogen) atoms. The van der Waals surface area contributed by atoms with Crippen molar-refractivity contribution in [2.75, 3.05) is 24.6 Å². The van der Waals surface area contributed by atoms with Crippen LogP contribution in [0.2, 0.25) is 0 Å². The van der Waals surface area contributed by atoms with Crippen molar-refractivity contribution in [3.8, 4) is 0 Å². The maximum absolute atomic E-state index is 9.18. The van der Waals surface area contributed by atoms with E-state index in [1.807, 2.05) is 19.1 Å². The third-order valence-corrected chi connectivity index (χ3v) is 2.90. The highest BCUT2D eigenvalue weighted by Crippen LogP contribution is 2.18. The average molecular weight is 237 g/mol. The normalized spacial score (nSPS) is 25.0. The topological polar surface area (TPSA) is 71.6 Å². The maximum atomic E-state index is 9.18. The SMILES string of the molecule is CC1CN(c2cc(CN)ccn2)CC(CO)O1. The number of rotatable bonds is 3. The lowest BCUT2D eigenvalue weighted by Crippen LogP contribution is -2.48. The molecule has 2 unspecified atom stereocenters. The molecule has 1 aromatic rings. The summed E-state index contributed by atoms with van der Waals surface area (Å²) in [6.07, 6.45) is 1.73. The molecule has 0 aromatic carbocycles. The first-order valence-electron chi connectivity index (χ1n) is 5.89. The van der Waals surface area contributed by atoms with Gasteiger partial charge in [-0.15, -0.1) is 0 Å². The van der Waals surface area contributed by atoms with E-state index in [4.69, 9.17) is 10.5 Å². The Morgan fingerprint density at radius 3 is 3.12 bits per heavy atom. The van der Waals surface area contributed by atoms with Gasteiger partial charge >= 0.3 is 0 Å². The van der Waals surface area contributed by atoms with Crippen molar-refractivity contribution in [2.24, 2.45) is 5.73 Å². The summed E-state index contributed by atoms with van der Waals surface area (Å²) >= 11 is 0. The second kappa shape index (κ2) is 5.44. The molecule has 1 saturated heterocycles. The van der Waals surface area contributed by atoms with Crippen molar-refractivity contribution in [2.45, 2.75) is 25.7 Å². The van der Waals surface area contributed by atoms with Gasteiger partial charge in [0.25, 0.3) is 0 Å². The molecule has 0 aliphatic carbocycles. The highest BCUT2D eigenvalue weighted by molar-refractivity contribution is 5.41. The van der Waals surface area contributed by atoms with Crippen LogP contribution in [0.4, 0.5) is 5.82 Å². The molecule has 1 aliphatic rings. The van der Waals surface area contributed by atoms with Crippen molar-refractivity contribution in [3.63, 3.8) is 0 Å². The number of anilines is 1. The molecule has 0 amide bonds. The Labute approximate surface area is 101 Å². The summed E-state index contributed by atoms with van der Waals surface area (Å²) in [5, 5.41) is 9.18. The third kappa shape index (κ3) is 2.94. The number of ether oxygens (including phenoxy) is 1. The van der Waals surface area contributed by atoms with Crippen LogP contribution in [0.25, 0.3) is 0 Å². The number of aliphatic hydroxyl groups excluding tert-OH is 1. The monoisotopic (exact) mass is 237 g/mol. The molecule has 3 N–H and O–H groups in total. The molecule has 1 aliphatic heterocycles. The lowest BCUT2D eigenvalue weighted by atomic mass is 10.2. The molecule has 5 heteroatoms. The molecule has 0 bridgehead atoms. The van der Waals surface area contributed by atoms with Crippen LogP contribution in [0.15, 0.2) is 18.3 Å². The van der Waals surface area contributed by atoms with Crippen molar-refractivity contribution < 1.29 is 9.84 Å². The molecule has 2 atom stereocenters. The van der Waals surface area contributed by atoms with Crippen molar-refractivity contribution >= 4 is 5.82 Å². The van der Waals surface area contributed by atoms with Crippen LogP contribution in [0.5, 0.6) is 0 Å². The van der Waals surface area contributed by atoms with E-state index in [2.05, 4.69) is 9.88 Å². The minimum Gasteiger partial charge on any atom is -0.394 e. The first-order valence-corrected chi connectivity index (χ1v) is 5.89. The molecule has 0 radical (unpaired) electrons. The summed E-state index contributed by atoms with van der Waals surface area (Å²) < 4.78 is 5.60. The Hall–Kier alpha value is -1.17. The van der Waals surface area contributed by atoms with Crippen LogP contribution in [-0.4, -0.2) is 42.0 Å². The Bertz CT molecular complexity index is 373. The van der Waals surface area contributed by atoms with Gasteiger partial charge in [0.2, 0.25) is 0 Å². The van der Waals surface area contributed by atoms with Gasteiger partial charge in [-0.25, -0.2) is 4.98 Å². The number of hydrogen-bond donors (Lipinski definition) is 2. The van der Waals surface area contributed by atoms with Gasteiger partial charge < -0.3 is 20.5 Å². The van der Waals surface area contributed by atoms with E-state index in [0.717, 1.165) is 17.9 Å². The zero-order valence-electron chi connectivity index (χ0n) is 10.0. The third-order valence-electron chi connectivity index (χ3n) is 2.90. The van der Waals surface area contributed by atoms with Gasteiger partial charge in [-0.1, -0.05) is 0 Å². The van der Waals surface area contributed by atoms with Crippen LogP contribution in [0.3, 0.4) is 0 Å². The number of nitrogens with two attached hydrogens (primary N) is 1. The largest absolute Gasteiger partial charge is 0.394 e. The van der Waals surface area contributed by atoms with E-state index in [-0.39, 0.29) is 18.8 Å². The number of hydrogen-bond acceptors (Lipinski definition) is 5. The molecule has 94 valence electrons. The zero-order chi connectivity index (χ0) is 12.3. The van der Waals surface area contributed by atoms with Gasteiger partial charge in [-0.2, -0.15) is 0 Å². The first-order chi connectivity index (χ1) is 8.22. The summed E-state index contributed by atoms with van der Waals surface area (Å²) in [4.78, 5) is 6.48. The standard InChI is InChI=1S/C12H19N3O2/c1-9-6-15(7-11(8-16)17-9)12-4-10(5-13)2-3-14-12/h2-4,9,11,16H,5-8,13H2,1H3. The van der Waals surface area contributed by atoms with Crippen LogP contribution in [-0.2, 0) is 11.3 Å². The highest BCUT2D eigenvalue weighted by Gasteiger charge is 2.25. The molecule has 1 aromatic heterocycles. The van der Waals surface area contributed by atoms with Crippen LogP contribution < -0.4 is 10.6 Å². The fourth-order valence-electron chi connectivity index (χ4n) is 2.09. The van der Waals surface area contributed by atoms with Crippen molar-refractivity contribution in [1.82, 2.24) is 4.98 Å². The molecular weight excluding hydrogens is 218 g/mol. The quantitative estimate of drug-likeness (QED) is 0.781. The summed E-state index contributed by atoms with van der Waals surface area (Å²) in [6, 6.07) is 3.91. The fraction of sp³-hybridized carbons (Fsp3) is 0.583. The first kappa shape index (κ1) is 12.3. The number of morpholine rings is 1. The molecule has 2 rings (SSSR count). The summed E-state index contributed by atoms with van der Waals surface area (Å²) in [7, 11) is 0. The van der Waals surface area contributed by atoms with Crippen LogP contribution in [0, 0.1) is 0 Å². The minimum absolute atomic E-state index is 0.0391. The average Bonchev–Trinajstić information content (AvgIpc) is 2.38. The van der Waals surface area contributed by atoms with E-state index in [0.29, 0.717) is 13.1 Å². The Morgan fingerprint density at radius 1 is 1.59 bits per heavy atom. The smallest absolute Gasteiger partial charge is 0.128 e. The number of aliphatic hydroxyl groups is 1.